The first-order valence-electron chi connectivity index (χ1n) is 11.5. The fourth-order valence-electron chi connectivity index (χ4n) is 3.97. The van der Waals surface area contributed by atoms with E-state index in [1.165, 1.54) is 0 Å². The number of aliphatic hydroxyl groups is 1. The maximum absolute atomic E-state index is 13.6. The van der Waals surface area contributed by atoms with E-state index in [9.17, 15) is 9.67 Å². The summed E-state index contributed by atoms with van der Waals surface area (Å²) in [6.45, 7) is 5.09. The summed E-state index contributed by atoms with van der Waals surface area (Å²) in [5.41, 5.74) is 3.27. The predicted octanol–water partition coefficient (Wildman–Crippen LogP) is 5.88. The third-order valence-electron chi connectivity index (χ3n) is 5.50. The molecular formula is C27H34NO4P. The summed E-state index contributed by atoms with van der Waals surface area (Å²) in [6, 6.07) is 29.7. The molecule has 0 fully saturated rings. The summed E-state index contributed by atoms with van der Waals surface area (Å²) in [4.78, 5) is 2.17. The van der Waals surface area contributed by atoms with Gasteiger partial charge in [0.2, 0.25) is 0 Å². The van der Waals surface area contributed by atoms with E-state index >= 15 is 0 Å². The Labute approximate surface area is 197 Å². The van der Waals surface area contributed by atoms with Crippen molar-refractivity contribution >= 4 is 7.60 Å². The quantitative estimate of drug-likeness (QED) is 0.318. The molecule has 3 aromatic carbocycles. The van der Waals surface area contributed by atoms with Gasteiger partial charge >= 0.3 is 7.60 Å². The predicted molar refractivity (Wildman–Crippen MR) is 133 cm³/mol. The molecule has 5 nitrogen and oxygen atoms in total. The lowest BCUT2D eigenvalue weighted by Crippen LogP contribution is -2.45. The number of rotatable bonds is 13. The Hall–Kier alpha value is -2.27. The molecule has 6 heteroatoms. The van der Waals surface area contributed by atoms with Gasteiger partial charge in [-0.2, -0.15) is 0 Å². The molecule has 0 saturated carbocycles. The molecule has 2 atom stereocenters. The molecule has 0 radical (unpaired) electrons. The molecule has 0 aliphatic rings. The van der Waals surface area contributed by atoms with Crippen molar-refractivity contribution in [3.63, 3.8) is 0 Å². The van der Waals surface area contributed by atoms with Gasteiger partial charge in [-0.1, -0.05) is 91.0 Å². The van der Waals surface area contributed by atoms with Gasteiger partial charge in [-0.15, -0.1) is 0 Å². The topological polar surface area (TPSA) is 59.0 Å². The van der Waals surface area contributed by atoms with Crippen molar-refractivity contribution in [2.45, 2.75) is 45.2 Å². The molecular weight excluding hydrogens is 433 g/mol. The lowest BCUT2D eigenvalue weighted by molar-refractivity contribution is 0.0565. The Morgan fingerprint density at radius 3 is 1.52 bits per heavy atom. The summed E-state index contributed by atoms with van der Waals surface area (Å²) in [6.07, 6.45) is 0.506. The summed E-state index contributed by atoms with van der Waals surface area (Å²) >= 11 is 0. The summed E-state index contributed by atoms with van der Waals surface area (Å²) < 4.78 is 24.7. The summed E-state index contributed by atoms with van der Waals surface area (Å²) in [5, 5.41) is 11.5. The highest BCUT2D eigenvalue weighted by Gasteiger charge is 2.42. The average molecular weight is 468 g/mol. The Morgan fingerprint density at radius 2 is 1.12 bits per heavy atom. The molecule has 0 bridgehead atoms. The lowest BCUT2D eigenvalue weighted by atomic mass is 10.0. The third-order valence-corrected chi connectivity index (χ3v) is 7.73. The maximum atomic E-state index is 13.6. The highest BCUT2D eigenvalue weighted by molar-refractivity contribution is 7.54. The zero-order valence-electron chi connectivity index (χ0n) is 19.4. The molecule has 1 N–H and O–H groups in total. The van der Waals surface area contributed by atoms with Crippen LogP contribution in [-0.2, 0) is 33.1 Å². The lowest BCUT2D eigenvalue weighted by Gasteiger charge is -2.37. The minimum absolute atomic E-state index is 0.198. The van der Waals surface area contributed by atoms with E-state index < -0.39 is 19.5 Å². The van der Waals surface area contributed by atoms with Gasteiger partial charge in [0.25, 0.3) is 0 Å². The van der Waals surface area contributed by atoms with Crippen molar-refractivity contribution in [2.75, 3.05) is 13.2 Å². The number of hydrogen-bond acceptors (Lipinski definition) is 5. The smallest absolute Gasteiger partial charge is 0.360 e. The fraction of sp³-hybridized carbons (Fsp3) is 0.333. The zero-order valence-corrected chi connectivity index (χ0v) is 20.3. The van der Waals surface area contributed by atoms with Crippen molar-refractivity contribution in [1.82, 2.24) is 4.90 Å². The second-order valence-corrected chi connectivity index (χ2v) is 10.0. The molecule has 0 spiro atoms. The van der Waals surface area contributed by atoms with Crippen molar-refractivity contribution in [2.24, 2.45) is 0 Å². The molecule has 0 aliphatic heterocycles. The van der Waals surface area contributed by atoms with E-state index in [0.717, 1.165) is 16.7 Å². The number of benzene rings is 3. The molecule has 0 saturated heterocycles. The average Bonchev–Trinajstić information content (AvgIpc) is 2.84. The monoisotopic (exact) mass is 467 g/mol. The molecule has 0 heterocycles. The Kier molecular flexibility index (Phi) is 9.86. The van der Waals surface area contributed by atoms with Crippen LogP contribution in [0.3, 0.4) is 0 Å². The number of aliphatic hydroxyl groups excluding tert-OH is 1. The van der Waals surface area contributed by atoms with Crippen LogP contribution in [0.1, 0.15) is 30.5 Å². The van der Waals surface area contributed by atoms with Crippen LogP contribution in [-0.4, -0.2) is 35.1 Å². The van der Waals surface area contributed by atoms with Crippen molar-refractivity contribution < 1.29 is 18.7 Å². The Morgan fingerprint density at radius 1 is 0.727 bits per heavy atom. The fourth-order valence-corrected chi connectivity index (χ4v) is 5.78. The van der Waals surface area contributed by atoms with Crippen LogP contribution in [0.5, 0.6) is 0 Å². The van der Waals surface area contributed by atoms with Gasteiger partial charge in [-0.05, 0) is 37.0 Å². The first-order chi connectivity index (χ1) is 16.1. The third kappa shape index (κ3) is 7.36. The van der Waals surface area contributed by atoms with Gasteiger partial charge in [0.1, 0.15) is 0 Å². The van der Waals surface area contributed by atoms with Gasteiger partial charge in [0.15, 0.2) is 5.85 Å². The van der Waals surface area contributed by atoms with Gasteiger partial charge in [0, 0.05) is 13.1 Å². The molecule has 176 valence electrons. The van der Waals surface area contributed by atoms with Gasteiger partial charge in [-0.25, -0.2) is 0 Å². The Balaban J connectivity index is 2.01. The molecule has 3 aromatic rings. The Bertz CT molecular complexity index is 933. The number of hydrogen-bond donors (Lipinski definition) is 1. The van der Waals surface area contributed by atoms with Crippen molar-refractivity contribution in [1.29, 1.82) is 0 Å². The van der Waals surface area contributed by atoms with E-state index in [-0.39, 0.29) is 13.2 Å². The number of nitrogens with zero attached hydrogens (tertiary/aromatic N) is 1. The van der Waals surface area contributed by atoms with Crippen LogP contribution in [0.15, 0.2) is 91.0 Å². The van der Waals surface area contributed by atoms with Crippen LogP contribution in [0, 0.1) is 0 Å². The first-order valence-corrected chi connectivity index (χ1v) is 13.1. The SMILES string of the molecule is CCOP(=O)(OCC)[C@H](O)[C@H](Cc1ccccc1)N(Cc1ccccc1)Cc1ccccc1. The second kappa shape index (κ2) is 12.8. The van der Waals surface area contributed by atoms with E-state index in [0.29, 0.717) is 19.5 Å². The largest absolute Gasteiger partial charge is 0.379 e. The second-order valence-electron chi connectivity index (χ2n) is 7.92. The van der Waals surface area contributed by atoms with Crippen molar-refractivity contribution in [3.05, 3.63) is 108 Å². The molecule has 0 aliphatic carbocycles. The zero-order chi connectivity index (χ0) is 23.5. The van der Waals surface area contributed by atoms with Crippen LogP contribution >= 0.6 is 7.60 Å². The van der Waals surface area contributed by atoms with Crippen molar-refractivity contribution in [3.8, 4) is 0 Å². The van der Waals surface area contributed by atoms with Gasteiger partial charge in [-0.3, -0.25) is 9.46 Å². The van der Waals surface area contributed by atoms with Crippen LogP contribution in [0.4, 0.5) is 0 Å². The summed E-state index contributed by atoms with van der Waals surface area (Å²) in [5.74, 6) is -1.30. The maximum Gasteiger partial charge on any atom is 0.360 e. The molecule has 0 aromatic heterocycles. The highest BCUT2D eigenvalue weighted by atomic mass is 31.2. The molecule has 3 rings (SSSR count). The first kappa shape index (κ1) is 25.4. The van der Waals surface area contributed by atoms with Gasteiger partial charge in [0.05, 0.1) is 19.3 Å². The van der Waals surface area contributed by atoms with E-state index in [1.807, 2.05) is 66.7 Å². The van der Waals surface area contributed by atoms with Gasteiger partial charge < -0.3 is 14.2 Å². The molecule has 0 unspecified atom stereocenters. The highest BCUT2D eigenvalue weighted by Crippen LogP contribution is 2.54. The molecule has 33 heavy (non-hydrogen) atoms. The van der Waals surface area contributed by atoms with E-state index in [1.54, 1.807) is 13.8 Å². The van der Waals surface area contributed by atoms with E-state index in [4.69, 9.17) is 9.05 Å². The van der Waals surface area contributed by atoms with Crippen LogP contribution in [0.25, 0.3) is 0 Å². The van der Waals surface area contributed by atoms with Crippen LogP contribution < -0.4 is 0 Å². The normalized spacial score (nSPS) is 13.7. The molecule has 0 amide bonds. The summed E-state index contributed by atoms with van der Waals surface area (Å²) in [7, 11) is -3.75. The minimum Gasteiger partial charge on any atom is -0.379 e. The van der Waals surface area contributed by atoms with E-state index in [2.05, 4.69) is 29.2 Å². The minimum atomic E-state index is -3.75. The standard InChI is InChI=1S/C27H34NO4P/c1-3-31-33(30,32-4-2)27(29)26(20-23-14-8-5-9-15-23)28(21-24-16-10-6-11-17-24)22-25-18-12-7-13-19-25/h5-19,26-27,29H,3-4,20-22H2,1-2H3/t26-,27-/m0/s1. The van der Waals surface area contributed by atoms with Crippen LogP contribution in [0.2, 0.25) is 0 Å².